The molecular weight excluding hydrogens is 254 g/mol. The first-order valence-electron chi connectivity index (χ1n) is 6.93. The van der Waals surface area contributed by atoms with Gasteiger partial charge in [-0.15, -0.1) is 0 Å². The molecule has 0 saturated carbocycles. The predicted octanol–water partition coefficient (Wildman–Crippen LogP) is 2.22. The minimum atomic E-state index is -0.177. The SMILES string of the molecule is CC(=O)c1cccc(CCCN2C(=O)CC(C)C2=O)c1. The van der Waals surface area contributed by atoms with E-state index in [-0.39, 0.29) is 23.5 Å². The van der Waals surface area contributed by atoms with Crippen LogP contribution in [0.25, 0.3) is 0 Å². The van der Waals surface area contributed by atoms with Gasteiger partial charge in [0.05, 0.1) is 0 Å². The molecule has 0 bridgehead atoms. The summed E-state index contributed by atoms with van der Waals surface area (Å²) in [5.74, 6) is -0.262. The van der Waals surface area contributed by atoms with Gasteiger partial charge in [0.1, 0.15) is 0 Å². The first-order valence-corrected chi connectivity index (χ1v) is 6.93. The molecule has 1 fully saturated rings. The lowest BCUT2D eigenvalue weighted by Gasteiger charge is -2.14. The van der Waals surface area contributed by atoms with Gasteiger partial charge in [-0.2, -0.15) is 0 Å². The normalized spacial score (nSPS) is 18.7. The highest BCUT2D eigenvalue weighted by molar-refractivity contribution is 6.03. The minimum Gasteiger partial charge on any atom is -0.295 e. The monoisotopic (exact) mass is 273 g/mol. The van der Waals surface area contributed by atoms with E-state index in [1.807, 2.05) is 18.2 Å². The summed E-state index contributed by atoms with van der Waals surface area (Å²) in [4.78, 5) is 36.1. The Kier molecular flexibility index (Phi) is 4.32. The Labute approximate surface area is 118 Å². The lowest BCUT2D eigenvalue weighted by molar-refractivity contribution is -0.139. The van der Waals surface area contributed by atoms with Crippen LogP contribution in [0.2, 0.25) is 0 Å². The predicted molar refractivity (Wildman–Crippen MR) is 75.3 cm³/mol. The van der Waals surface area contributed by atoms with Crippen molar-refractivity contribution in [2.45, 2.75) is 33.1 Å². The van der Waals surface area contributed by atoms with E-state index in [0.29, 0.717) is 18.5 Å². The number of hydrogen-bond acceptors (Lipinski definition) is 3. The van der Waals surface area contributed by atoms with Crippen LogP contribution in [0.4, 0.5) is 0 Å². The second kappa shape index (κ2) is 5.99. The van der Waals surface area contributed by atoms with E-state index in [2.05, 4.69) is 0 Å². The van der Waals surface area contributed by atoms with Crippen molar-refractivity contribution in [3.8, 4) is 0 Å². The first kappa shape index (κ1) is 14.4. The molecule has 0 aromatic heterocycles. The van der Waals surface area contributed by atoms with Gasteiger partial charge in [0.2, 0.25) is 11.8 Å². The third-order valence-electron chi connectivity index (χ3n) is 3.65. The molecule has 0 spiro atoms. The van der Waals surface area contributed by atoms with E-state index >= 15 is 0 Å². The average molecular weight is 273 g/mol. The molecule has 20 heavy (non-hydrogen) atoms. The van der Waals surface area contributed by atoms with Crippen LogP contribution >= 0.6 is 0 Å². The molecule has 4 heteroatoms. The van der Waals surface area contributed by atoms with E-state index in [1.165, 1.54) is 4.90 Å². The Morgan fingerprint density at radius 2 is 2.10 bits per heavy atom. The number of ketones is 1. The van der Waals surface area contributed by atoms with Crippen molar-refractivity contribution in [1.82, 2.24) is 4.90 Å². The van der Waals surface area contributed by atoms with E-state index in [4.69, 9.17) is 0 Å². The highest BCUT2D eigenvalue weighted by Gasteiger charge is 2.34. The van der Waals surface area contributed by atoms with Crippen LogP contribution in [-0.2, 0) is 16.0 Å². The molecule has 1 heterocycles. The molecule has 0 N–H and O–H groups in total. The molecule has 1 aliphatic heterocycles. The number of carbonyl (C=O) groups excluding carboxylic acids is 3. The minimum absolute atomic E-state index is 0.0468. The van der Waals surface area contributed by atoms with Crippen molar-refractivity contribution < 1.29 is 14.4 Å². The molecule has 2 rings (SSSR count). The Morgan fingerprint density at radius 3 is 2.70 bits per heavy atom. The number of rotatable bonds is 5. The van der Waals surface area contributed by atoms with Gasteiger partial charge >= 0.3 is 0 Å². The number of hydrogen-bond donors (Lipinski definition) is 0. The number of likely N-dealkylation sites (tertiary alicyclic amines) is 1. The van der Waals surface area contributed by atoms with Gasteiger partial charge in [-0.1, -0.05) is 25.1 Å². The number of imide groups is 1. The van der Waals surface area contributed by atoms with Gasteiger partial charge in [-0.05, 0) is 31.4 Å². The van der Waals surface area contributed by atoms with Gasteiger partial charge in [0.15, 0.2) is 5.78 Å². The molecule has 1 atom stereocenters. The van der Waals surface area contributed by atoms with Gasteiger partial charge < -0.3 is 0 Å². The Hall–Kier alpha value is -1.97. The van der Waals surface area contributed by atoms with Gasteiger partial charge in [0, 0.05) is 24.4 Å². The van der Waals surface area contributed by atoms with Crippen molar-refractivity contribution in [2.24, 2.45) is 5.92 Å². The molecule has 4 nitrogen and oxygen atoms in total. The molecule has 2 amide bonds. The summed E-state index contributed by atoms with van der Waals surface area (Å²) in [5.41, 5.74) is 1.76. The summed E-state index contributed by atoms with van der Waals surface area (Å²) in [6.45, 7) is 3.80. The van der Waals surface area contributed by atoms with E-state index in [0.717, 1.165) is 18.4 Å². The fourth-order valence-electron chi connectivity index (χ4n) is 2.47. The first-order chi connectivity index (χ1) is 9.49. The third kappa shape index (κ3) is 3.13. The van der Waals surface area contributed by atoms with Crippen LogP contribution in [0.3, 0.4) is 0 Å². The zero-order valence-corrected chi connectivity index (χ0v) is 11.9. The Morgan fingerprint density at radius 1 is 1.35 bits per heavy atom. The molecular formula is C16H19NO3. The summed E-state index contributed by atoms with van der Waals surface area (Å²) in [5, 5.41) is 0. The number of benzene rings is 1. The van der Waals surface area contributed by atoms with E-state index in [9.17, 15) is 14.4 Å². The van der Waals surface area contributed by atoms with Crippen LogP contribution in [0, 0.1) is 5.92 Å². The van der Waals surface area contributed by atoms with Crippen LogP contribution in [0.15, 0.2) is 24.3 Å². The molecule has 1 aromatic carbocycles. The molecule has 0 radical (unpaired) electrons. The number of carbonyl (C=O) groups is 3. The maximum Gasteiger partial charge on any atom is 0.232 e. The van der Waals surface area contributed by atoms with Crippen LogP contribution in [0.1, 0.15) is 42.6 Å². The van der Waals surface area contributed by atoms with Gasteiger partial charge in [-0.25, -0.2) is 0 Å². The standard InChI is InChI=1S/C16H19NO3/c1-11-9-15(19)17(16(11)20)8-4-6-13-5-3-7-14(10-13)12(2)18/h3,5,7,10-11H,4,6,8-9H2,1-2H3. The molecule has 1 unspecified atom stereocenters. The fourth-order valence-corrected chi connectivity index (χ4v) is 2.47. The zero-order valence-electron chi connectivity index (χ0n) is 11.9. The second-order valence-corrected chi connectivity index (χ2v) is 5.35. The maximum atomic E-state index is 11.8. The quantitative estimate of drug-likeness (QED) is 0.610. The van der Waals surface area contributed by atoms with Crippen molar-refractivity contribution in [3.05, 3.63) is 35.4 Å². The average Bonchev–Trinajstić information content (AvgIpc) is 2.65. The molecule has 1 aromatic rings. The number of Topliss-reactive ketones (excluding diaryl/α,β-unsaturated/α-hetero) is 1. The third-order valence-corrected chi connectivity index (χ3v) is 3.65. The highest BCUT2D eigenvalue weighted by Crippen LogP contribution is 2.19. The zero-order chi connectivity index (χ0) is 14.7. The summed E-state index contributed by atoms with van der Waals surface area (Å²) < 4.78 is 0. The van der Waals surface area contributed by atoms with Crippen LogP contribution in [-0.4, -0.2) is 29.0 Å². The lowest BCUT2D eigenvalue weighted by Crippen LogP contribution is -2.31. The second-order valence-electron chi connectivity index (χ2n) is 5.35. The van der Waals surface area contributed by atoms with E-state index < -0.39 is 0 Å². The Bertz CT molecular complexity index is 550. The molecule has 1 aliphatic rings. The fraction of sp³-hybridized carbons (Fsp3) is 0.438. The number of nitrogens with zero attached hydrogens (tertiary/aromatic N) is 1. The van der Waals surface area contributed by atoms with Crippen molar-refractivity contribution >= 4 is 17.6 Å². The summed E-state index contributed by atoms with van der Waals surface area (Å²) in [6.07, 6.45) is 1.82. The van der Waals surface area contributed by atoms with Crippen molar-refractivity contribution in [2.75, 3.05) is 6.54 Å². The van der Waals surface area contributed by atoms with Crippen LogP contribution in [0.5, 0.6) is 0 Å². The maximum absolute atomic E-state index is 11.8. The van der Waals surface area contributed by atoms with Crippen LogP contribution < -0.4 is 0 Å². The summed E-state index contributed by atoms with van der Waals surface area (Å²) in [6, 6.07) is 7.49. The molecule has 106 valence electrons. The van der Waals surface area contributed by atoms with E-state index in [1.54, 1.807) is 19.9 Å². The lowest BCUT2D eigenvalue weighted by atomic mass is 10.0. The Balaban J connectivity index is 1.90. The largest absolute Gasteiger partial charge is 0.295 e. The summed E-state index contributed by atoms with van der Waals surface area (Å²) in [7, 11) is 0. The highest BCUT2D eigenvalue weighted by atomic mass is 16.2. The van der Waals surface area contributed by atoms with Gasteiger partial charge in [0.25, 0.3) is 0 Å². The summed E-state index contributed by atoms with van der Waals surface area (Å²) >= 11 is 0. The number of amides is 2. The van der Waals surface area contributed by atoms with Crippen molar-refractivity contribution in [3.63, 3.8) is 0 Å². The topological polar surface area (TPSA) is 54.5 Å². The molecule has 1 saturated heterocycles. The smallest absolute Gasteiger partial charge is 0.232 e. The molecule has 0 aliphatic carbocycles. The van der Waals surface area contributed by atoms with Gasteiger partial charge in [-0.3, -0.25) is 19.3 Å². The van der Waals surface area contributed by atoms with Crippen molar-refractivity contribution in [1.29, 1.82) is 0 Å². The number of aryl methyl sites for hydroxylation is 1.